The van der Waals surface area contributed by atoms with E-state index >= 15 is 0 Å². The Morgan fingerprint density at radius 2 is 2.14 bits per heavy atom. The molecule has 0 atom stereocenters. The summed E-state index contributed by atoms with van der Waals surface area (Å²) >= 11 is 1.44. The Morgan fingerprint density at radius 1 is 1.57 bits per heavy atom. The summed E-state index contributed by atoms with van der Waals surface area (Å²) in [4.78, 5) is 0. The molecule has 0 nitrogen and oxygen atoms in total. The van der Waals surface area contributed by atoms with E-state index in [2.05, 4.69) is 6.58 Å². The minimum atomic E-state index is 0. The van der Waals surface area contributed by atoms with Crippen molar-refractivity contribution in [3.8, 4) is 0 Å². The minimum Gasteiger partial charge on any atom is -1.00 e. The summed E-state index contributed by atoms with van der Waals surface area (Å²) in [7, 11) is 0. The zero-order chi connectivity index (χ0) is 4.83. The molecular weight excluding hydrogens is 161 g/mol. The third kappa shape index (κ3) is 10.8. The second-order valence-electron chi connectivity index (χ2n) is 1.28. The van der Waals surface area contributed by atoms with Crippen LogP contribution in [0.15, 0.2) is 12.7 Å². The van der Waals surface area contributed by atoms with Crippen molar-refractivity contribution in [3.63, 3.8) is 0 Å². The van der Waals surface area contributed by atoms with Crippen LogP contribution in [-0.2, 0) is 18.3 Å². The standard InChI is InChI=1S/C5H9.ClH.Zn/c1-3-5-4-2;;/h3H,1-2,4-5H2;1H;/q;;+1/p-1. The summed E-state index contributed by atoms with van der Waals surface area (Å²) in [5, 5.41) is 1.41. The van der Waals surface area contributed by atoms with Gasteiger partial charge in [0, 0.05) is 0 Å². The van der Waals surface area contributed by atoms with Gasteiger partial charge >= 0.3 is 48.8 Å². The summed E-state index contributed by atoms with van der Waals surface area (Å²) in [6.07, 6.45) is 4.54. The van der Waals surface area contributed by atoms with Crippen molar-refractivity contribution in [2.45, 2.75) is 17.9 Å². The molecule has 0 saturated carbocycles. The molecule has 0 saturated heterocycles. The predicted octanol–water partition coefficient (Wildman–Crippen LogP) is -1.08. The first kappa shape index (κ1) is 10.6. The van der Waals surface area contributed by atoms with Crippen LogP contribution in [0.5, 0.6) is 0 Å². The predicted molar refractivity (Wildman–Crippen MR) is 24.2 cm³/mol. The maximum Gasteiger partial charge on any atom is -1.00 e. The van der Waals surface area contributed by atoms with Crippen LogP contribution in [0.3, 0.4) is 0 Å². The van der Waals surface area contributed by atoms with Crippen molar-refractivity contribution in [3.05, 3.63) is 12.7 Å². The van der Waals surface area contributed by atoms with E-state index in [0.717, 1.165) is 0 Å². The topological polar surface area (TPSA) is 0 Å². The van der Waals surface area contributed by atoms with E-state index in [1.54, 1.807) is 0 Å². The van der Waals surface area contributed by atoms with E-state index in [9.17, 15) is 0 Å². The quantitative estimate of drug-likeness (QED) is 0.287. The normalized spacial score (nSPS) is 7.14. The fraction of sp³-hybridized carbons (Fsp3) is 0.600. The van der Waals surface area contributed by atoms with Crippen molar-refractivity contribution < 1.29 is 30.7 Å². The largest absolute Gasteiger partial charge is 1.00 e. The smallest absolute Gasteiger partial charge is 1.00 e. The maximum atomic E-state index is 3.61. The summed E-state index contributed by atoms with van der Waals surface area (Å²) in [6.45, 7) is 3.61. The molecule has 0 aliphatic rings. The molecule has 0 aromatic carbocycles. The number of hydrogen-bond donors (Lipinski definition) is 0. The molecule has 0 aliphatic heterocycles. The molecule has 0 aromatic heterocycles. The monoisotopic (exact) mass is 168 g/mol. The fourth-order valence-electron chi connectivity index (χ4n) is 0.289. The summed E-state index contributed by atoms with van der Waals surface area (Å²) < 4.78 is 0. The third-order valence-corrected chi connectivity index (χ3v) is 1.71. The molecule has 2 heteroatoms. The average molecular weight is 170 g/mol. The molecule has 0 heterocycles. The molecule has 0 aromatic rings. The molecular formula is C5H9ClZn. The Bertz CT molecular complexity index is 37.1. The van der Waals surface area contributed by atoms with Gasteiger partial charge in [-0.25, -0.2) is 0 Å². The number of allylic oxidation sites excluding steroid dienone is 1. The van der Waals surface area contributed by atoms with Crippen LogP contribution in [0.1, 0.15) is 12.8 Å². The zero-order valence-electron chi connectivity index (χ0n) is 4.49. The molecule has 0 fully saturated rings. The number of hydrogen-bond acceptors (Lipinski definition) is 0. The van der Waals surface area contributed by atoms with Gasteiger partial charge in [0.2, 0.25) is 0 Å². The van der Waals surface area contributed by atoms with E-state index in [-0.39, 0.29) is 12.4 Å². The van der Waals surface area contributed by atoms with Gasteiger partial charge in [0.25, 0.3) is 0 Å². The first-order valence-corrected chi connectivity index (χ1v) is 4.41. The summed E-state index contributed by atoms with van der Waals surface area (Å²) in [6, 6.07) is 0. The first-order valence-electron chi connectivity index (χ1n) is 2.32. The Labute approximate surface area is 61.5 Å². The number of halogens is 1. The van der Waals surface area contributed by atoms with Gasteiger partial charge in [-0.1, -0.05) is 0 Å². The van der Waals surface area contributed by atoms with Crippen LogP contribution in [0.4, 0.5) is 0 Å². The minimum absolute atomic E-state index is 0. The van der Waals surface area contributed by atoms with E-state index in [1.807, 2.05) is 6.08 Å². The van der Waals surface area contributed by atoms with E-state index in [0.29, 0.717) is 0 Å². The van der Waals surface area contributed by atoms with Crippen molar-refractivity contribution in [1.82, 2.24) is 0 Å². The van der Waals surface area contributed by atoms with E-state index < -0.39 is 0 Å². The van der Waals surface area contributed by atoms with Gasteiger partial charge in [-0.15, -0.1) is 0 Å². The molecule has 0 aliphatic carbocycles. The van der Waals surface area contributed by atoms with Gasteiger partial charge in [-0.2, -0.15) is 0 Å². The van der Waals surface area contributed by atoms with Gasteiger partial charge in [0.05, 0.1) is 0 Å². The Kier molecular flexibility index (Phi) is 14.9. The molecule has 0 radical (unpaired) electrons. The molecule has 0 spiro atoms. The van der Waals surface area contributed by atoms with Gasteiger partial charge < -0.3 is 12.4 Å². The van der Waals surface area contributed by atoms with Gasteiger partial charge in [0.15, 0.2) is 0 Å². The second-order valence-corrected chi connectivity index (χ2v) is 2.77. The Hall–Kier alpha value is 0.653. The van der Waals surface area contributed by atoms with Crippen LogP contribution in [0, 0.1) is 0 Å². The third-order valence-electron chi connectivity index (χ3n) is 0.658. The molecule has 0 rings (SSSR count). The summed E-state index contributed by atoms with van der Waals surface area (Å²) in [5.41, 5.74) is 0. The van der Waals surface area contributed by atoms with E-state index in [4.69, 9.17) is 0 Å². The Balaban J connectivity index is 0. The SMILES string of the molecule is C=CCC[CH2][Zn+].[Cl-]. The summed E-state index contributed by atoms with van der Waals surface area (Å²) in [5.74, 6) is 0. The van der Waals surface area contributed by atoms with Gasteiger partial charge in [0.1, 0.15) is 0 Å². The number of rotatable bonds is 3. The van der Waals surface area contributed by atoms with Crippen molar-refractivity contribution in [1.29, 1.82) is 0 Å². The molecule has 7 heavy (non-hydrogen) atoms. The van der Waals surface area contributed by atoms with Crippen molar-refractivity contribution in [2.24, 2.45) is 0 Å². The van der Waals surface area contributed by atoms with Crippen molar-refractivity contribution in [2.75, 3.05) is 0 Å². The maximum absolute atomic E-state index is 3.61. The van der Waals surface area contributed by atoms with Crippen LogP contribution >= 0.6 is 0 Å². The average Bonchev–Trinajstić information content (AvgIpc) is 1.61. The second kappa shape index (κ2) is 9.82. The number of unbranched alkanes of at least 4 members (excludes halogenated alkanes) is 1. The van der Waals surface area contributed by atoms with Crippen LogP contribution in [0.25, 0.3) is 0 Å². The van der Waals surface area contributed by atoms with Crippen LogP contribution in [-0.4, -0.2) is 0 Å². The molecule has 0 amide bonds. The molecule has 0 N–H and O–H groups in total. The molecule has 0 bridgehead atoms. The molecule has 38 valence electrons. The van der Waals surface area contributed by atoms with Gasteiger partial charge in [-0.3, -0.25) is 0 Å². The zero-order valence-corrected chi connectivity index (χ0v) is 8.21. The fourth-order valence-corrected chi connectivity index (χ4v) is 0.894. The van der Waals surface area contributed by atoms with Crippen LogP contribution < -0.4 is 12.4 Å². The van der Waals surface area contributed by atoms with Crippen LogP contribution in [0.2, 0.25) is 5.02 Å². The molecule has 0 unspecified atom stereocenters. The Morgan fingerprint density at radius 3 is 2.29 bits per heavy atom. The van der Waals surface area contributed by atoms with E-state index in [1.165, 1.54) is 36.2 Å². The first-order chi connectivity index (χ1) is 2.91. The van der Waals surface area contributed by atoms with Gasteiger partial charge in [-0.05, 0) is 0 Å². The van der Waals surface area contributed by atoms with Crippen molar-refractivity contribution >= 4 is 0 Å².